The van der Waals surface area contributed by atoms with Crippen LogP contribution >= 0.6 is 11.1 Å². The highest BCUT2D eigenvalue weighted by Gasteiger charge is 2.51. The lowest BCUT2D eigenvalue weighted by Crippen LogP contribution is -2.54. The lowest BCUT2D eigenvalue weighted by atomic mass is 10.7. The number of alkyl halides is 2. The molecule has 0 radical (unpaired) electrons. The third-order valence-corrected chi connectivity index (χ3v) is 3.42. The second-order valence-electron chi connectivity index (χ2n) is 5.31. The number of halogens is 4. The van der Waals surface area contributed by atoms with Crippen molar-refractivity contribution < 1.29 is 18.1 Å². The van der Waals surface area contributed by atoms with Gasteiger partial charge in [-0.1, -0.05) is 39.3 Å². The van der Waals surface area contributed by atoms with Gasteiger partial charge in [0.05, 0.1) is 0 Å². The summed E-state index contributed by atoms with van der Waals surface area (Å²) in [7, 11) is -4.09. The predicted molar refractivity (Wildman–Crippen MR) is 66.7 cm³/mol. The maximum Gasteiger partial charge on any atom is 0.313 e. The van der Waals surface area contributed by atoms with Crippen molar-refractivity contribution in [2.24, 2.45) is 0 Å². The van der Waals surface area contributed by atoms with Gasteiger partial charge in [-0.3, -0.25) is 4.79 Å². The lowest BCUT2D eigenvalue weighted by Gasteiger charge is -2.25. The minimum Gasteiger partial charge on any atom is -0.266 e. The molecule has 1 amide bonds. The molecule has 2 nitrogen and oxygen atoms in total. The topological polar surface area (TPSA) is 29.1 Å². The molecule has 1 N–H and O–H groups in total. The molecule has 0 rings (SSSR count). The number of amides is 1. The minimum atomic E-state index is -3.54. The molecule has 0 aromatic heterocycles. The molecule has 98 valence electrons. The van der Waals surface area contributed by atoms with Gasteiger partial charge in [-0.2, -0.15) is 16.6 Å². The van der Waals surface area contributed by atoms with Crippen molar-refractivity contribution in [3.05, 3.63) is 0 Å². The summed E-state index contributed by atoms with van der Waals surface area (Å²) in [5, 5.41) is 0. The standard InChI is InChI=1S/C5H10F3NOSi.C3H9ClSi/c1-11(2,3)5(6,7)4(10)9-8;1-5(2,3)4/h1-3H3,(H,9,10);1-3H3. The van der Waals surface area contributed by atoms with Crippen LogP contribution in [0.4, 0.5) is 13.3 Å². The summed E-state index contributed by atoms with van der Waals surface area (Å²) >= 11 is 5.67. The molecule has 0 fully saturated rings. The zero-order chi connectivity index (χ0) is 13.8. The Morgan fingerprint density at radius 2 is 1.38 bits per heavy atom. The predicted octanol–water partition coefficient (Wildman–Crippen LogP) is 3.56. The summed E-state index contributed by atoms with van der Waals surface area (Å²) in [5.41, 5.74) is -3.08. The Balaban J connectivity index is 0. The normalized spacial score (nSPS) is 12.6. The van der Waals surface area contributed by atoms with Gasteiger partial charge < -0.3 is 0 Å². The molecular weight excluding hydrogens is 275 g/mol. The summed E-state index contributed by atoms with van der Waals surface area (Å²) in [6.07, 6.45) is 0. The van der Waals surface area contributed by atoms with Gasteiger partial charge in [0.1, 0.15) is 15.5 Å². The molecule has 0 bridgehead atoms. The molecule has 0 aliphatic heterocycles. The van der Waals surface area contributed by atoms with Crippen LogP contribution in [0.2, 0.25) is 39.3 Å². The van der Waals surface area contributed by atoms with E-state index < -0.39 is 26.9 Å². The SMILES string of the molecule is C[Si](C)(C)C(F)(F)C(=O)NF.C[Si](C)(C)Cl. The zero-order valence-corrected chi connectivity index (χ0v) is 13.2. The van der Waals surface area contributed by atoms with Crippen LogP contribution in [0.3, 0.4) is 0 Å². The minimum absolute atomic E-state index is 0.458. The van der Waals surface area contributed by atoms with Crippen molar-refractivity contribution in [3.63, 3.8) is 0 Å². The molecule has 0 aromatic carbocycles. The zero-order valence-electron chi connectivity index (χ0n) is 10.4. The number of rotatable bonds is 2. The van der Waals surface area contributed by atoms with Crippen molar-refractivity contribution in [2.75, 3.05) is 0 Å². The van der Waals surface area contributed by atoms with Gasteiger partial charge in [-0.25, -0.2) is 8.78 Å². The van der Waals surface area contributed by atoms with Crippen molar-refractivity contribution in [1.29, 1.82) is 0 Å². The maximum absolute atomic E-state index is 12.7. The molecule has 16 heavy (non-hydrogen) atoms. The van der Waals surface area contributed by atoms with Crippen LogP contribution in [-0.4, -0.2) is 26.9 Å². The average Bonchev–Trinajstić information content (AvgIpc) is 1.97. The smallest absolute Gasteiger partial charge is 0.266 e. The molecule has 0 aromatic rings. The Morgan fingerprint density at radius 3 is 1.44 bits per heavy atom. The van der Waals surface area contributed by atoms with E-state index in [1.807, 2.05) is 0 Å². The fourth-order valence-corrected chi connectivity index (χ4v) is 1.13. The fraction of sp³-hybridized carbons (Fsp3) is 0.875. The first-order valence-corrected chi connectivity index (χ1v) is 12.7. The van der Waals surface area contributed by atoms with E-state index in [-0.39, 0.29) is 0 Å². The molecule has 0 aliphatic rings. The van der Waals surface area contributed by atoms with Crippen molar-refractivity contribution in [2.45, 2.75) is 44.8 Å². The van der Waals surface area contributed by atoms with Gasteiger partial charge in [0.25, 0.3) is 0 Å². The van der Waals surface area contributed by atoms with Crippen molar-refractivity contribution in [1.82, 2.24) is 5.54 Å². The van der Waals surface area contributed by atoms with Crippen LogP contribution in [0, 0.1) is 0 Å². The number of nitrogens with one attached hydrogen (secondary N) is 1. The summed E-state index contributed by atoms with van der Waals surface area (Å²) in [4.78, 5) is 10.3. The van der Waals surface area contributed by atoms with Gasteiger partial charge in [0, 0.05) is 0 Å². The molecule has 0 saturated heterocycles. The maximum atomic E-state index is 12.7. The molecule has 0 spiro atoms. The van der Waals surface area contributed by atoms with E-state index in [0.717, 1.165) is 0 Å². The summed E-state index contributed by atoms with van der Waals surface area (Å²) in [5.74, 6) is -1.84. The number of hydrogen-bond acceptors (Lipinski definition) is 1. The average molecular weight is 294 g/mol. The Labute approximate surface area is 101 Å². The number of carbonyl (C=O) groups is 1. The van der Waals surface area contributed by atoms with E-state index in [9.17, 15) is 18.1 Å². The first kappa shape index (κ1) is 18.4. The van der Waals surface area contributed by atoms with Crippen LogP contribution in [-0.2, 0) is 4.79 Å². The van der Waals surface area contributed by atoms with Gasteiger partial charge >= 0.3 is 11.5 Å². The Bertz CT molecular complexity index is 232. The second kappa shape index (κ2) is 6.06. The van der Waals surface area contributed by atoms with E-state index in [1.54, 1.807) is 0 Å². The highest BCUT2D eigenvalue weighted by Crippen LogP contribution is 2.26. The van der Waals surface area contributed by atoms with Crippen molar-refractivity contribution >= 4 is 32.4 Å². The van der Waals surface area contributed by atoms with Gasteiger partial charge in [0.2, 0.25) is 0 Å². The lowest BCUT2D eigenvalue weighted by molar-refractivity contribution is -0.141. The third kappa shape index (κ3) is 8.17. The second-order valence-corrected chi connectivity index (χ2v) is 18.0. The van der Waals surface area contributed by atoms with Crippen LogP contribution in [0.5, 0.6) is 0 Å². The number of hydrogen-bond donors (Lipinski definition) is 1. The highest BCUT2D eigenvalue weighted by atomic mass is 35.6. The fourth-order valence-electron chi connectivity index (χ4n) is 0.400. The van der Waals surface area contributed by atoms with Gasteiger partial charge in [0.15, 0.2) is 0 Å². The summed E-state index contributed by atoms with van der Waals surface area (Å²) in [6.45, 7) is 10.2. The largest absolute Gasteiger partial charge is 0.313 e. The highest BCUT2D eigenvalue weighted by molar-refractivity contribution is 7.18. The molecule has 0 unspecified atom stereocenters. The van der Waals surface area contributed by atoms with Crippen LogP contribution in [0.1, 0.15) is 0 Å². The van der Waals surface area contributed by atoms with Crippen LogP contribution in [0.25, 0.3) is 0 Å². The summed E-state index contributed by atoms with van der Waals surface area (Å²) < 4.78 is 36.8. The first-order valence-electron chi connectivity index (χ1n) is 4.71. The molecule has 0 aliphatic carbocycles. The molecule has 0 heterocycles. The quantitative estimate of drug-likeness (QED) is 0.471. The van der Waals surface area contributed by atoms with E-state index in [0.29, 0.717) is 5.54 Å². The van der Waals surface area contributed by atoms with E-state index in [4.69, 9.17) is 11.1 Å². The monoisotopic (exact) mass is 293 g/mol. The molecule has 0 atom stereocenters. The number of carbonyl (C=O) groups excluding carboxylic acids is 1. The summed E-state index contributed by atoms with van der Waals surface area (Å²) in [6, 6.07) is 0. The first-order chi connectivity index (χ1) is 6.73. The Kier molecular flexibility index (Phi) is 6.95. The molecular formula is C8H19ClF3NOSi2. The van der Waals surface area contributed by atoms with E-state index in [2.05, 4.69) is 19.6 Å². The van der Waals surface area contributed by atoms with Crippen molar-refractivity contribution in [3.8, 4) is 0 Å². The van der Waals surface area contributed by atoms with Gasteiger partial charge in [-0.15, -0.1) is 4.48 Å². The molecule has 8 heteroatoms. The van der Waals surface area contributed by atoms with Gasteiger partial charge in [-0.05, 0) is 0 Å². The Morgan fingerprint density at radius 1 is 1.12 bits per heavy atom. The van der Waals surface area contributed by atoms with E-state index >= 15 is 0 Å². The van der Waals surface area contributed by atoms with Crippen LogP contribution < -0.4 is 5.54 Å². The third-order valence-electron chi connectivity index (χ3n) is 1.31. The molecule has 0 saturated carbocycles. The van der Waals surface area contributed by atoms with Crippen LogP contribution in [0.15, 0.2) is 0 Å². The Hall–Kier alpha value is -0.0162. The van der Waals surface area contributed by atoms with E-state index in [1.165, 1.54) is 19.6 Å².